The van der Waals surface area contributed by atoms with Gasteiger partial charge in [-0.1, -0.05) is 30.3 Å². The van der Waals surface area contributed by atoms with Crippen molar-refractivity contribution in [3.63, 3.8) is 0 Å². The lowest BCUT2D eigenvalue weighted by atomic mass is 10.0. The predicted molar refractivity (Wildman–Crippen MR) is 83.5 cm³/mol. The molecule has 0 spiro atoms. The molecule has 1 aromatic carbocycles. The van der Waals surface area contributed by atoms with Gasteiger partial charge in [0.25, 0.3) is 11.2 Å². The van der Waals surface area contributed by atoms with Crippen LogP contribution >= 0.6 is 0 Å². The van der Waals surface area contributed by atoms with Crippen LogP contribution in [0.2, 0.25) is 0 Å². The summed E-state index contributed by atoms with van der Waals surface area (Å²) >= 11 is 0. The summed E-state index contributed by atoms with van der Waals surface area (Å²) < 4.78 is 0.943. The van der Waals surface area contributed by atoms with Crippen LogP contribution in [-0.4, -0.2) is 20.6 Å². The highest BCUT2D eigenvalue weighted by molar-refractivity contribution is 5.72. The van der Waals surface area contributed by atoms with Crippen LogP contribution < -0.4 is 5.56 Å². The topological polar surface area (TPSA) is 102 Å². The molecule has 7 heteroatoms. The summed E-state index contributed by atoms with van der Waals surface area (Å²) in [6.45, 7) is 1.43. The van der Waals surface area contributed by atoms with E-state index in [-0.39, 0.29) is 17.7 Å². The van der Waals surface area contributed by atoms with E-state index in [1.54, 1.807) is 0 Å². The minimum Gasteiger partial charge on any atom is -0.480 e. The Morgan fingerprint density at radius 3 is 2.57 bits per heavy atom. The van der Waals surface area contributed by atoms with Gasteiger partial charge in [-0.05, 0) is 25.3 Å². The molecule has 1 N–H and O–H groups in total. The van der Waals surface area contributed by atoms with E-state index in [9.17, 15) is 24.8 Å². The summed E-state index contributed by atoms with van der Waals surface area (Å²) in [5.41, 5.74) is 0.253. The van der Waals surface area contributed by atoms with Crippen molar-refractivity contribution < 1.29 is 14.8 Å². The molecule has 0 fully saturated rings. The van der Waals surface area contributed by atoms with Crippen molar-refractivity contribution in [2.45, 2.75) is 25.8 Å². The summed E-state index contributed by atoms with van der Waals surface area (Å²) in [5.74, 6) is -1.19. The largest absolute Gasteiger partial charge is 0.480 e. The first-order valence-corrected chi connectivity index (χ1v) is 7.04. The first-order chi connectivity index (χ1) is 10.9. The minimum absolute atomic E-state index is 0.144. The number of hydrogen-bond acceptors (Lipinski definition) is 4. The van der Waals surface area contributed by atoms with Crippen molar-refractivity contribution in [2.24, 2.45) is 0 Å². The Labute approximate surface area is 132 Å². The Balaban J connectivity index is 2.36. The van der Waals surface area contributed by atoms with Gasteiger partial charge in [0.15, 0.2) is 0 Å². The van der Waals surface area contributed by atoms with Gasteiger partial charge in [0.1, 0.15) is 6.04 Å². The van der Waals surface area contributed by atoms with Crippen LogP contribution in [0.25, 0.3) is 0 Å². The lowest BCUT2D eigenvalue weighted by Gasteiger charge is -2.16. The second-order valence-corrected chi connectivity index (χ2v) is 5.23. The molecule has 0 saturated carbocycles. The van der Waals surface area contributed by atoms with Gasteiger partial charge in [-0.15, -0.1) is 0 Å². The highest BCUT2D eigenvalue weighted by Crippen LogP contribution is 2.18. The van der Waals surface area contributed by atoms with Gasteiger partial charge in [0, 0.05) is 11.6 Å². The van der Waals surface area contributed by atoms with Crippen LogP contribution in [0, 0.1) is 17.0 Å². The summed E-state index contributed by atoms with van der Waals surface area (Å²) in [4.78, 5) is 34.0. The number of carboxylic acid groups (broad SMARTS) is 1. The van der Waals surface area contributed by atoms with Gasteiger partial charge in [-0.25, -0.2) is 4.79 Å². The monoisotopic (exact) mass is 316 g/mol. The second-order valence-electron chi connectivity index (χ2n) is 5.23. The number of pyridine rings is 1. The van der Waals surface area contributed by atoms with Crippen molar-refractivity contribution in [1.82, 2.24) is 4.57 Å². The molecule has 0 bridgehead atoms. The molecule has 0 radical (unpaired) electrons. The molecule has 7 nitrogen and oxygen atoms in total. The number of aryl methyl sites for hydroxylation is 2. The molecule has 1 atom stereocenters. The second kappa shape index (κ2) is 6.87. The van der Waals surface area contributed by atoms with E-state index >= 15 is 0 Å². The first-order valence-electron chi connectivity index (χ1n) is 7.04. The van der Waals surface area contributed by atoms with Crippen molar-refractivity contribution >= 4 is 11.7 Å². The summed E-state index contributed by atoms with van der Waals surface area (Å²) in [7, 11) is 0. The fourth-order valence-corrected chi connectivity index (χ4v) is 2.39. The number of carboxylic acids is 1. The van der Waals surface area contributed by atoms with Crippen molar-refractivity contribution in [1.29, 1.82) is 0 Å². The predicted octanol–water partition coefficient (Wildman–Crippen LogP) is 2.32. The maximum absolute atomic E-state index is 12.2. The van der Waals surface area contributed by atoms with Gasteiger partial charge in [0.2, 0.25) is 0 Å². The molecule has 1 unspecified atom stereocenters. The fraction of sp³-hybridized carbons (Fsp3) is 0.250. The third kappa shape index (κ3) is 3.82. The molecule has 1 heterocycles. The smallest absolute Gasteiger partial charge is 0.326 e. The van der Waals surface area contributed by atoms with E-state index in [2.05, 4.69) is 0 Å². The summed E-state index contributed by atoms with van der Waals surface area (Å²) in [6.07, 6.45) is 1.62. The maximum atomic E-state index is 12.2. The normalized spacial score (nSPS) is 11.9. The van der Waals surface area contributed by atoms with Crippen molar-refractivity contribution in [3.05, 3.63) is 74.2 Å². The molecule has 2 rings (SSSR count). The Hall–Kier alpha value is -2.96. The standard InChI is InChI=1S/C16H16N2O5/c1-11-9-13(18(22)23)10-17(15(11)19)14(16(20)21)8-7-12-5-3-2-4-6-12/h2-6,9-10,14H,7-8H2,1H3,(H,20,21). The van der Waals surface area contributed by atoms with Gasteiger partial charge in [-0.3, -0.25) is 19.5 Å². The zero-order valence-electron chi connectivity index (χ0n) is 12.5. The Morgan fingerprint density at radius 1 is 1.35 bits per heavy atom. The van der Waals surface area contributed by atoms with Crippen LogP contribution in [0.5, 0.6) is 0 Å². The maximum Gasteiger partial charge on any atom is 0.326 e. The van der Waals surface area contributed by atoms with E-state index in [1.807, 2.05) is 30.3 Å². The molecular weight excluding hydrogens is 300 g/mol. The molecule has 120 valence electrons. The van der Waals surface area contributed by atoms with Gasteiger partial charge in [-0.2, -0.15) is 0 Å². The Bertz CT molecular complexity index is 783. The number of nitrogens with zero attached hydrogens (tertiary/aromatic N) is 2. The Morgan fingerprint density at radius 2 is 2.00 bits per heavy atom. The molecule has 23 heavy (non-hydrogen) atoms. The number of aromatic nitrogens is 1. The zero-order chi connectivity index (χ0) is 17.0. The Kier molecular flexibility index (Phi) is 4.90. The van der Waals surface area contributed by atoms with Crippen LogP contribution in [0.15, 0.2) is 47.4 Å². The van der Waals surface area contributed by atoms with Crippen LogP contribution in [0.4, 0.5) is 5.69 Å². The molecular formula is C16H16N2O5. The van der Waals surface area contributed by atoms with Gasteiger partial charge in [0.05, 0.1) is 11.1 Å². The van der Waals surface area contributed by atoms with Crippen molar-refractivity contribution in [2.75, 3.05) is 0 Å². The lowest BCUT2D eigenvalue weighted by molar-refractivity contribution is -0.385. The average Bonchev–Trinajstić information content (AvgIpc) is 2.51. The van der Waals surface area contributed by atoms with Crippen LogP contribution in [-0.2, 0) is 11.2 Å². The third-order valence-electron chi connectivity index (χ3n) is 3.59. The number of rotatable bonds is 6. The van der Waals surface area contributed by atoms with Gasteiger partial charge >= 0.3 is 5.97 Å². The number of hydrogen-bond donors (Lipinski definition) is 1. The van der Waals surface area contributed by atoms with Gasteiger partial charge < -0.3 is 5.11 Å². The van der Waals surface area contributed by atoms with E-state index in [0.717, 1.165) is 22.4 Å². The molecule has 2 aromatic rings. The van der Waals surface area contributed by atoms with E-state index in [1.165, 1.54) is 6.92 Å². The molecule has 1 aromatic heterocycles. The lowest BCUT2D eigenvalue weighted by Crippen LogP contribution is -2.31. The van der Waals surface area contributed by atoms with E-state index in [0.29, 0.717) is 6.42 Å². The SMILES string of the molecule is Cc1cc([N+](=O)[O-])cn(C(CCc2ccccc2)C(=O)O)c1=O. The number of carbonyl (C=O) groups is 1. The number of aliphatic carboxylic acids is 1. The molecule has 0 aliphatic rings. The fourth-order valence-electron chi connectivity index (χ4n) is 2.39. The molecule has 0 aliphatic heterocycles. The van der Waals surface area contributed by atoms with Crippen LogP contribution in [0.1, 0.15) is 23.6 Å². The third-order valence-corrected chi connectivity index (χ3v) is 3.59. The average molecular weight is 316 g/mol. The highest BCUT2D eigenvalue weighted by atomic mass is 16.6. The highest BCUT2D eigenvalue weighted by Gasteiger charge is 2.23. The number of nitro groups is 1. The van der Waals surface area contributed by atoms with E-state index < -0.39 is 22.5 Å². The zero-order valence-corrected chi connectivity index (χ0v) is 12.5. The first kappa shape index (κ1) is 16.4. The molecule has 0 saturated heterocycles. The summed E-state index contributed by atoms with van der Waals surface area (Å²) in [5, 5.41) is 20.4. The van der Waals surface area contributed by atoms with Crippen LogP contribution in [0.3, 0.4) is 0 Å². The van der Waals surface area contributed by atoms with Crippen molar-refractivity contribution in [3.8, 4) is 0 Å². The molecule has 0 aliphatic carbocycles. The van der Waals surface area contributed by atoms with E-state index in [4.69, 9.17) is 0 Å². The minimum atomic E-state index is -1.19. The summed E-state index contributed by atoms with van der Waals surface area (Å²) in [6, 6.07) is 9.26. The quantitative estimate of drug-likeness (QED) is 0.651. The molecule has 0 amide bonds. The number of benzene rings is 1.